The van der Waals surface area contributed by atoms with Crippen molar-refractivity contribution in [2.45, 2.75) is 52.4 Å². The van der Waals surface area contributed by atoms with Crippen LogP contribution in [0.4, 0.5) is 0 Å². The number of ether oxygens (including phenoxy) is 1. The van der Waals surface area contributed by atoms with Crippen molar-refractivity contribution in [1.82, 2.24) is 0 Å². The van der Waals surface area contributed by atoms with Gasteiger partial charge in [0.25, 0.3) is 0 Å². The van der Waals surface area contributed by atoms with Gasteiger partial charge in [-0.25, -0.2) is 4.79 Å². The monoisotopic (exact) mass is 364 g/mol. The summed E-state index contributed by atoms with van der Waals surface area (Å²) in [7, 11) is 0. The number of carbonyl (C=O) groups excluding carboxylic acids is 1. The van der Waals surface area contributed by atoms with Crippen molar-refractivity contribution in [3.63, 3.8) is 0 Å². The van der Waals surface area contributed by atoms with Gasteiger partial charge in [0, 0.05) is 10.9 Å². The Hall–Kier alpha value is -2.55. The number of hydrogen-bond donors (Lipinski definition) is 0. The second-order valence-corrected chi connectivity index (χ2v) is 6.94. The number of benzene rings is 2. The number of esters is 1. The van der Waals surface area contributed by atoms with E-state index in [4.69, 9.17) is 9.15 Å². The van der Waals surface area contributed by atoms with Crippen LogP contribution in [0.25, 0.3) is 22.3 Å². The predicted octanol–water partition coefficient (Wildman–Crippen LogP) is 6.79. The molecule has 0 N–H and O–H groups in total. The molecule has 0 aliphatic carbocycles. The Labute approximate surface area is 161 Å². The minimum atomic E-state index is -0.301. The van der Waals surface area contributed by atoms with Crippen LogP contribution in [0.5, 0.6) is 0 Å². The second-order valence-electron chi connectivity index (χ2n) is 6.94. The summed E-state index contributed by atoms with van der Waals surface area (Å²) in [5.74, 6) is 0.519. The third-order valence-electron chi connectivity index (χ3n) is 4.83. The van der Waals surface area contributed by atoms with E-state index in [2.05, 4.69) is 31.2 Å². The topological polar surface area (TPSA) is 39.4 Å². The highest BCUT2D eigenvalue weighted by atomic mass is 16.5. The van der Waals surface area contributed by atoms with Crippen LogP contribution in [0, 0.1) is 0 Å². The fourth-order valence-corrected chi connectivity index (χ4v) is 3.30. The van der Waals surface area contributed by atoms with Gasteiger partial charge in [-0.1, -0.05) is 56.9 Å². The standard InChI is InChI=1S/C24H28O3/c1-3-5-6-7-8-9-18-10-12-19(13-11-18)23-17-21-16-20(24(25)26-4-2)14-15-22(21)27-23/h10-17H,3-9H2,1-2H3. The lowest BCUT2D eigenvalue weighted by atomic mass is 10.0. The molecule has 3 heteroatoms. The van der Waals surface area contributed by atoms with Crippen molar-refractivity contribution in [1.29, 1.82) is 0 Å². The van der Waals surface area contributed by atoms with Crippen molar-refractivity contribution in [2.75, 3.05) is 6.61 Å². The van der Waals surface area contributed by atoms with E-state index >= 15 is 0 Å². The highest BCUT2D eigenvalue weighted by Gasteiger charge is 2.11. The van der Waals surface area contributed by atoms with Gasteiger partial charge in [0.15, 0.2) is 0 Å². The molecule has 0 bridgehead atoms. The summed E-state index contributed by atoms with van der Waals surface area (Å²) >= 11 is 0. The maximum atomic E-state index is 11.9. The van der Waals surface area contributed by atoms with Crippen LogP contribution in [-0.2, 0) is 11.2 Å². The van der Waals surface area contributed by atoms with E-state index in [0.29, 0.717) is 12.2 Å². The molecule has 0 unspecified atom stereocenters. The summed E-state index contributed by atoms with van der Waals surface area (Å²) in [5.41, 5.74) is 3.75. The molecule has 3 rings (SSSR count). The molecule has 3 aromatic rings. The summed E-state index contributed by atoms with van der Waals surface area (Å²) < 4.78 is 11.0. The molecule has 0 saturated heterocycles. The largest absolute Gasteiger partial charge is 0.462 e. The average Bonchev–Trinajstić information content (AvgIpc) is 3.12. The lowest BCUT2D eigenvalue weighted by Crippen LogP contribution is -2.03. The molecular formula is C24H28O3. The van der Waals surface area contributed by atoms with E-state index in [-0.39, 0.29) is 5.97 Å². The van der Waals surface area contributed by atoms with Crippen LogP contribution in [-0.4, -0.2) is 12.6 Å². The Balaban J connectivity index is 1.68. The molecular weight excluding hydrogens is 336 g/mol. The Morgan fingerprint density at radius 2 is 1.70 bits per heavy atom. The number of hydrogen-bond acceptors (Lipinski definition) is 3. The summed E-state index contributed by atoms with van der Waals surface area (Å²) in [6, 6.07) is 16.0. The van der Waals surface area contributed by atoms with Crippen LogP contribution in [0.2, 0.25) is 0 Å². The minimum absolute atomic E-state index is 0.301. The van der Waals surface area contributed by atoms with Crippen molar-refractivity contribution >= 4 is 16.9 Å². The van der Waals surface area contributed by atoms with E-state index in [0.717, 1.165) is 28.7 Å². The minimum Gasteiger partial charge on any atom is -0.462 e. The van der Waals surface area contributed by atoms with Crippen molar-refractivity contribution in [2.24, 2.45) is 0 Å². The molecule has 0 aliphatic heterocycles. The molecule has 0 spiro atoms. The fourth-order valence-electron chi connectivity index (χ4n) is 3.30. The quantitative estimate of drug-likeness (QED) is 0.310. The summed E-state index contributed by atoms with van der Waals surface area (Å²) in [6.45, 7) is 4.42. The van der Waals surface area contributed by atoms with Crippen LogP contribution in [0.15, 0.2) is 52.9 Å². The van der Waals surface area contributed by atoms with Gasteiger partial charge in [0.1, 0.15) is 11.3 Å². The number of aryl methyl sites for hydroxylation is 1. The van der Waals surface area contributed by atoms with Crippen molar-refractivity contribution in [3.05, 3.63) is 59.7 Å². The van der Waals surface area contributed by atoms with Gasteiger partial charge in [-0.3, -0.25) is 0 Å². The molecule has 142 valence electrons. The molecule has 0 radical (unpaired) electrons. The summed E-state index contributed by atoms with van der Waals surface area (Å²) in [5, 5.41) is 0.913. The Morgan fingerprint density at radius 3 is 2.44 bits per heavy atom. The lowest BCUT2D eigenvalue weighted by molar-refractivity contribution is 0.0526. The van der Waals surface area contributed by atoms with Gasteiger partial charge in [-0.05, 0) is 49.6 Å². The van der Waals surface area contributed by atoms with Crippen molar-refractivity contribution < 1.29 is 13.9 Å². The SMILES string of the molecule is CCCCCCCc1ccc(-c2cc3cc(C(=O)OCC)ccc3o2)cc1. The normalized spacial score (nSPS) is 11.0. The number of carbonyl (C=O) groups is 1. The number of fused-ring (bicyclic) bond motifs is 1. The van der Waals surface area contributed by atoms with Gasteiger partial charge in [-0.15, -0.1) is 0 Å². The molecule has 3 nitrogen and oxygen atoms in total. The van der Waals surface area contributed by atoms with Crippen LogP contribution < -0.4 is 0 Å². The number of rotatable bonds is 9. The van der Waals surface area contributed by atoms with E-state index in [1.54, 1.807) is 13.0 Å². The zero-order chi connectivity index (χ0) is 19.1. The molecule has 2 aromatic carbocycles. The Kier molecular flexibility index (Phi) is 6.69. The van der Waals surface area contributed by atoms with E-state index in [1.165, 1.54) is 37.7 Å². The molecule has 0 amide bonds. The molecule has 0 atom stereocenters. The van der Waals surface area contributed by atoms with E-state index in [1.807, 2.05) is 18.2 Å². The lowest BCUT2D eigenvalue weighted by Gasteiger charge is -2.03. The Morgan fingerprint density at radius 1 is 0.926 bits per heavy atom. The number of unbranched alkanes of at least 4 members (excludes halogenated alkanes) is 4. The molecule has 0 aliphatic rings. The van der Waals surface area contributed by atoms with Crippen LogP contribution >= 0.6 is 0 Å². The first-order valence-electron chi connectivity index (χ1n) is 10.0. The third kappa shape index (κ3) is 5.00. The second kappa shape index (κ2) is 9.40. The van der Waals surface area contributed by atoms with Gasteiger partial charge >= 0.3 is 5.97 Å². The van der Waals surface area contributed by atoms with E-state index in [9.17, 15) is 4.79 Å². The molecule has 0 fully saturated rings. The van der Waals surface area contributed by atoms with E-state index < -0.39 is 0 Å². The van der Waals surface area contributed by atoms with Gasteiger partial charge in [-0.2, -0.15) is 0 Å². The summed E-state index contributed by atoms with van der Waals surface area (Å²) in [6.07, 6.45) is 7.65. The molecule has 0 saturated carbocycles. The molecule has 1 heterocycles. The van der Waals surface area contributed by atoms with Crippen LogP contribution in [0.1, 0.15) is 61.9 Å². The first kappa shape index (κ1) is 19.2. The maximum absolute atomic E-state index is 11.9. The highest BCUT2D eigenvalue weighted by Crippen LogP contribution is 2.29. The van der Waals surface area contributed by atoms with Crippen molar-refractivity contribution in [3.8, 4) is 11.3 Å². The first-order valence-corrected chi connectivity index (χ1v) is 10.0. The summed E-state index contributed by atoms with van der Waals surface area (Å²) in [4.78, 5) is 11.9. The average molecular weight is 364 g/mol. The zero-order valence-electron chi connectivity index (χ0n) is 16.3. The molecule has 1 aromatic heterocycles. The van der Waals surface area contributed by atoms with Gasteiger partial charge in [0.05, 0.1) is 12.2 Å². The Bertz CT molecular complexity index is 874. The third-order valence-corrected chi connectivity index (χ3v) is 4.83. The van der Waals surface area contributed by atoms with Gasteiger partial charge in [0.2, 0.25) is 0 Å². The molecule has 27 heavy (non-hydrogen) atoms. The maximum Gasteiger partial charge on any atom is 0.338 e. The van der Waals surface area contributed by atoms with Crippen LogP contribution in [0.3, 0.4) is 0 Å². The zero-order valence-corrected chi connectivity index (χ0v) is 16.3. The number of furan rings is 1. The predicted molar refractivity (Wildman–Crippen MR) is 110 cm³/mol. The first-order chi connectivity index (χ1) is 13.2. The smallest absolute Gasteiger partial charge is 0.338 e. The highest BCUT2D eigenvalue weighted by molar-refractivity contribution is 5.95. The fraction of sp³-hybridized carbons (Fsp3) is 0.375. The van der Waals surface area contributed by atoms with Gasteiger partial charge < -0.3 is 9.15 Å².